The number of nitrogens with zero attached hydrogens (tertiary/aromatic N) is 3. The number of piperidine rings is 1. The van der Waals surface area contributed by atoms with Gasteiger partial charge in [0, 0.05) is 52.4 Å². The van der Waals surface area contributed by atoms with Crippen LogP contribution in [-0.2, 0) is 4.74 Å². The molecule has 1 unspecified atom stereocenters. The Balaban J connectivity index is 2.21. The number of likely N-dealkylation sites (N-methyl/N-ethyl adjacent to an activating group) is 1. The van der Waals surface area contributed by atoms with Gasteiger partial charge in [-0.3, -0.25) is 4.99 Å². The first-order valence-electron chi connectivity index (χ1n) is 9.61. The van der Waals surface area contributed by atoms with Crippen molar-refractivity contribution in [3.8, 4) is 0 Å². The highest BCUT2D eigenvalue weighted by molar-refractivity contribution is 5.79. The summed E-state index contributed by atoms with van der Waals surface area (Å²) in [4.78, 5) is 9.58. The Morgan fingerprint density at radius 1 is 1.29 bits per heavy atom. The van der Waals surface area contributed by atoms with Crippen molar-refractivity contribution in [2.45, 2.75) is 45.6 Å². The van der Waals surface area contributed by atoms with Crippen LogP contribution in [0.5, 0.6) is 0 Å². The molecule has 1 saturated heterocycles. The molecule has 1 atom stereocenters. The molecular weight excluding hydrogens is 302 g/mol. The average Bonchev–Trinajstić information content (AvgIpc) is 2.58. The van der Waals surface area contributed by atoms with Crippen molar-refractivity contribution in [2.24, 2.45) is 4.99 Å². The van der Waals surface area contributed by atoms with E-state index in [9.17, 15) is 0 Å². The van der Waals surface area contributed by atoms with E-state index in [1.54, 1.807) is 7.11 Å². The van der Waals surface area contributed by atoms with Crippen LogP contribution in [0.15, 0.2) is 4.99 Å². The number of ether oxygens (including phenoxy) is 1. The van der Waals surface area contributed by atoms with Crippen LogP contribution >= 0.6 is 0 Å². The number of hydrogen-bond acceptors (Lipinski definition) is 4. The number of hydrogen-bond donors (Lipinski definition) is 2. The predicted molar refractivity (Wildman–Crippen MR) is 103 cm³/mol. The maximum atomic E-state index is 5.10. The van der Waals surface area contributed by atoms with Crippen LogP contribution in [0, 0.1) is 0 Å². The van der Waals surface area contributed by atoms with Gasteiger partial charge in [0.15, 0.2) is 5.96 Å². The number of methoxy groups -OCH3 is 1. The lowest BCUT2D eigenvalue weighted by molar-refractivity contribution is 0.160. The predicted octanol–water partition coefficient (Wildman–Crippen LogP) is 1.38. The molecule has 1 aliphatic heterocycles. The molecule has 1 aliphatic rings. The smallest absolute Gasteiger partial charge is 0.191 e. The van der Waals surface area contributed by atoms with Gasteiger partial charge in [0.05, 0.1) is 6.61 Å². The van der Waals surface area contributed by atoms with Gasteiger partial charge in [0.1, 0.15) is 0 Å². The summed E-state index contributed by atoms with van der Waals surface area (Å²) in [5.74, 6) is 0.935. The van der Waals surface area contributed by atoms with Gasteiger partial charge in [-0.2, -0.15) is 0 Å². The summed E-state index contributed by atoms with van der Waals surface area (Å²) in [6.45, 7) is 12.3. The minimum Gasteiger partial charge on any atom is -0.383 e. The van der Waals surface area contributed by atoms with Crippen molar-refractivity contribution < 1.29 is 4.74 Å². The minimum atomic E-state index is 0.747. The molecular formula is C18H39N5O. The average molecular weight is 342 g/mol. The van der Waals surface area contributed by atoms with Gasteiger partial charge in [-0.25, -0.2) is 0 Å². The summed E-state index contributed by atoms with van der Waals surface area (Å²) in [7, 11) is 3.86. The lowest BCUT2D eigenvalue weighted by Gasteiger charge is -2.33. The Hall–Kier alpha value is -0.850. The molecule has 0 bridgehead atoms. The zero-order valence-corrected chi connectivity index (χ0v) is 16.3. The molecule has 0 spiro atoms. The van der Waals surface area contributed by atoms with Crippen molar-refractivity contribution in [3.63, 3.8) is 0 Å². The summed E-state index contributed by atoms with van der Waals surface area (Å²) in [5.41, 5.74) is 0. The molecule has 1 rings (SSSR count). The molecule has 0 aliphatic carbocycles. The summed E-state index contributed by atoms with van der Waals surface area (Å²) < 4.78 is 5.10. The number of guanidine groups is 1. The molecule has 0 amide bonds. The monoisotopic (exact) mass is 341 g/mol. The van der Waals surface area contributed by atoms with Crippen LogP contribution in [0.3, 0.4) is 0 Å². The number of aliphatic imine (C=N–C) groups is 1. The molecule has 0 aromatic heterocycles. The van der Waals surface area contributed by atoms with Crippen molar-refractivity contribution >= 4 is 5.96 Å². The Morgan fingerprint density at radius 3 is 2.83 bits per heavy atom. The molecule has 24 heavy (non-hydrogen) atoms. The minimum absolute atomic E-state index is 0.747. The van der Waals surface area contributed by atoms with E-state index in [1.807, 2.05) is 0 Å². The standard InChI is InChI=1S/C18H39N5O/c1-5-19-18(21-11-14-22(3)15-16-24-4)20-10-8-13-23-12-7-6-9-17(23)2/h17H,5-16H2,1-4H3,(H2,19,20,21). The fourth-order valence-corrected chi connectivity index (χ4v) is 3.02. The highest BCUT2D eigenvalue weighted by atomic mass is 16.5. The molecule has 1 heterocycles. The second-order valence-electron chi connectivity index (χ2n) is 6.72. The quantitative estimate of drug-likeness (QED) is 0.338. The first-order chi connectivity index (χ1) is 11.7. The largest absolute Gasteiger partial charge is 0.383 e. The molecule has 2 N–H and O–H groups in total. The maximum Gasteiger partial charge on any atom is 0.191 e. The Labute approximate surface area is 149 Å². The lowest BCUT2D eigenvalue weighted by atomic mass is 10.0. The summed E-state index contributed by atoms with van der Waals surface area (Å²) in [5, 5.41) is 6.75. The van der Waals surface area contributed by atoms with E-state index in [1.165, 1.54) is 32.4 Å². The van der Waals surface area contributed by atoms with Crippen molar-refractivity contribution in [2.75, 3.05) is 66.6 Å². The first-order valence-corrected chi connectivity index (χ1v) is 9.61. The molecule has 0 saturated carbocycles. The van der Waals surface area contributed by atoms with Gasteiger partial charge in [-0.05, 0) is 46.7 Å². The fourth-order valence-electron chi connectivity index (χ4n) is 3.02. The maximum absolute atomic E-state index is 5.10. The lowest BCUT2D eigenvalue weighted by Crippen LogP contribution is -2.41. The van der Waals surface area contributed by atoms with Gasteiger partial charge >= 0.3 is 0 Å². The molecule has 0 aromatic rings. The molecule has 0 aromatic carbocycles. The van der Waals surface area contributed by atoms with Gasteiger partial charge in [-0.1, -0.05) is 6.42 Å². The molecule has 1 fully saturated rings. The van der Waals surface area contributed by atoms with E-state index in [2.05, 4.69) is 41.3 Å². The molecule has 142 valence electrons. The first kappa shape index (κ1) is 21.2. The Bertz CT molecular complexity index is 337. The summed E-state index contributed by atoms with van der Waals surface area (Å²) >= 11 is 0. The van der Waals surface area contributed by atoms with Gasteiger partial charge in [-0.15, -0.1) is 0 Å². The van der Waals surface area contributed by atoms with E-state index >= 15 is 0 Å². The SMILES string of the molecule is CCNC(=NCCCN1CCCCC1C)NCCN(C)CCOC. The van der Waals surface area contributed by atoms with Crippen LogP contribution in [-0.4, -0.2) is 88.4 Å². The van der Waals surface area contributed by atoms with Gasteiger partial charge < -0.3 is 25.2 Å². The molecule has 6 heteroatoms. The van der Waals surface area contributed by atoms with Crippen LogP contribution in [0.25, 0.3) is 0 Å². The van der Waals surface area contributed by atoms with E-state index in [4.69, 9.17) is 9.73 Å². The third-order valence-electron chi connectivity index (χ3n) is 4.62. The van der Waals surface area contributed by atoms with E-state index < -0.39 is 0 Å². The second-order valence-corrected chi connectivity index (χ2v) is 6.72. The third kappa shape index (κ3) is 9.45. The van der Waals surface area contributed by atoms with Crippen molar-refractivity contribution in [1.29, 1.82) is 0 Å². The van der Waals surface area contributed by atoms with Crippen LogP contribution < -0.4 is 10.6 Å². The zero-order chi connectivity index (χ0) is 17.6. The van der Waals surface area contributed by atoms with Crippen LogP contribution in [0.1, 0.15) is 39.5 Å². The van der Waals surface area contributed by atoms with Crippen molar-refractivity contribution in [1.82, 2.24) is 20.4 Å². The molecule has 0 radical (unpaired) electrons. The highest BCUT2D eigenvalue weighted by Crippen LogP contribution is 2.16. The number of likely N-dealkylation sites (tertiary alicyclic amines) is 1. The topological polar surface area (TPSA) is 52.1 Å². The van der Waals surface area contributed by atoms with Crippen molar-refractivity contribution in [3.05, 3.63) is 0 Å². The fraction of sp³-hybridized carbons (Fsp3) is 0.944. The number of rotatable bonds is 11. The Kier molecular flexibility index (Phi) is 11.9. The zero-order valence-electron chi connectivity index (χ0n) is 16.3. The second kappa shape index (κ2) is 13.4. The van der Waals surface area contributed by atoms with E-state index in [0.29, 0.717) is 0 Å². The van der Waals surface area contributed by atoms with Gasteiger partial charge in [0.25, 0.3) is 0 Å². The number of nitrogens with one attached hydrogen (secondary N) is 2. The van der Waals surface area contributed by atoms with E-state index in [-0.39, 0.29) is 0 Å². The normalized spacial score (nSPS) is 19.7. The van der Waals surface area contributed by atoms with Gasteiger partial charge in [0.2, 0.25) is 0 Å². The molecule has 6 nitrogen and oxygen atoms in total. The highest BCUT2D eigenvalue weighted by Gasteiger charge is 2.16. The van der Waals surface area contributed by atoms with Crippen LogP contribution in [0.4, 0.5) is 0 Å². The van der Waals surface area contributed by atoms with E-state index in [0.717, 1.165) is 57.8 Å². The third-order valence-corrected chi connectivity index (χ3v) is 4.62. The summed E-state index contributed by atoms with van der Waals surface area (Å²) in [6.07, 6.45) is 5.23. The Morgan fingerprint density at radius 2 is 2.12 bits per heavy atom. The van der Waals surface area contributed by atoms with Crippen LogP contribution in [0.2, 0.25) is 0 Å². The summed E-state index contributed by atoms with van der Waals surface area (Å²) in [6, 6.07) is 0.747.